The van der Waals surface area contributed by atoms with Crippen LogP contribution in [0.1, 0.15) is 6.92 Å². The van der Waals surface area contributed by atoms with Crippen molar-refractivity contribution >= 4 is 46.7 Å². The molecule has 0 aliphatic rings. The fourth-order valence-electron chi connectivity index (χ4n) is 0.144. The van der Waals surface area contributed by atoms with Crippen molar-refractivity contribution in [3.63, 3.8) is 0 Å². The summed E-state index contributed by atoms with van der Waals surface area (Å²) in [4.78, 5) is 28.1. The Morgan fingerprint density at radius 3 is 1.91 bits per heavy atom. The highest BCUT2D eigenvalue weighted by atomic mass is 35.6. The molecule has 0 aliphatic carbocycles. The Labute approximate surface area is 77.2 Å². The zero-order chi connectivity index (χ0) is 9.07. The summed E-state index contributed by atoms with van der Waals surface area (Å²) in [5, 5.41) is 0. The SMILES string of the molecule is CC(=O)OOC(=O)C(Cl)(Cl)Cl. The third-order valence-corrected chi connectivity index (χ3v) is 0.929. The maximum absolute atomic E-state index is 10.5. The number of halogens is 3. The van der Waals surface area contributed by atoms with E-state index in [4.69, 9.17) is 34.8 Å². The van der Waals surface area contributed by atoms with Gasteiger partial charge in [-0.2, -0.15) is 0 Å². The van der Waals surface area contributed by atoms with Crippen LogP contribution in [0, 0.1) is 0 Å². The smallest absolute Gasteiger partial charge is 0.248 e. The van der Waals surface area contributed by atoms with E-state index < -0.39 is 15.7 Å². The molecule has 0 radical (unpaired) electrons. The van der Waals surface area contributed by atoms with Crippen molar-refractivity contribution in [2.75, 3.05) is 0 Å². The standard InChI is InChI=1S/C4H3Cl3O4/c1-2(8)10-11-3(9)4(5,6)7/h1H3. The van der Waals surface area contributed by atoms with E-state index in [-0.39, 0.29) is 0 Å². The number of rotatable bonds is 0. The van der Waals surface area contributed by atoms with Gasteiger partial charge >= 0.3 is 11.9 Å². The first-order valence-corrected chi connectivity index (χ1v) is 3.43. The van der Waals surface area contributed by atoms with Gasteiger partial charge in [0.05, 0.1) is 0 Å². The van der Waals surface area contributed by atoms with Gasteiger partial charge < -0.3 is 0 Å². The first-order valence-electron chi connectivity index (χ1n) is 2.30. The summed E-state index contributed by atoms with van der Waals surface area (Å²) in [6, 6.07) is 0. The summed E-state index contributed by atoms with van der Waals surface area (Å²) in [5.74, 6) is -2.08. The van der Waals surface area contributed by atoms with Crippen LogP contribution in [0.3, 0.4) is 0 Å². The Balaban J connectivity index is 3.80. The van der Waals surface area contributed by atoms with E-state index in [1.807, 2.05) is 0 Å². The molecule has 0 N–H and O–H groups in total. The second-order valence-corrected chi connectivity index (χ2v) is 3.72. The molecule has 11 heavy (non-hydrogen) atoms. The first-order chi connectivity index (χ1) is 4.84. The number of carbonyl (C=O) groups excluding carboxylic acids is 2. The maximum atomic E-state index is 10.5. The molecule has 0 aromatic rings. The predicted octanol–water partition coefficient (Wildman–Crippen LogP) is 1.38. The highest BCUT2D eigenvalue weighted by Crippen LogP contribution is 2.27. The van der Waals surface area contributed by atoms with Gasteiger partial charge in [0.15, 0.2) is 0 Å². The normalized spacial score (nSPS) is 10.5. The van der Waals surface area contributed by atoms with Gasteiger partial charge in [0.1, 0.15) is 0 Å². The summed E-state index contributed by atoms with van der Waals surface area (Å²) in [6.07, 6.45) is 0. The fourth-order valence-corrected chi connectivity index (χ4v) is 0.238. The van der Waals surface area contributed by atoms with Gasteiger partial charge in [-0.15, -0.1) is 0 Å². The molecule has 0 fully saturated rings. The van der Waals surface area contributed by atoms with Gasteiger partial charge in [0.2, 0.25) is 0 Å². The highest BCUT2D eigenvalue weighted by Gasteiger charge is 2.34. The van der Waals surface area contributed by atoms with E-state index in [0.717, 1.165) is 6.92 Å². The average molecular weight is 221 g/mol. The molecule has 0 atom stereocenters. The summed E-state index contributed by atoms with van der Waals surface area (Å²) < 4.78 is -2.23. The summed E-state index contributed by atoms with van der Waals surface area (Å²) in [6.45, 7) is 1.03. The molecule has 64 valence electrons. The minimum Gasteiger partial charge on any atom is -0.248 e. The summed E-state index contributed by atoms with van der Waals surface area (Å²) in [7, 11) is 0. The molecule has 0 spiro atoms. The highest BCUT2D eigenvalue weighted by molar-refractivity contribution is 6.75. The van der Waals surface area contributed by atoms with Gasteiger partial charge in [0, 0.05) is 6.92 Å². The molecule has 7 heteroatoms. The van der Waals surface area contributed by atoms with Crippen molar-refractivity contribution in [2.45, 2.75) is 10.7 Å². The molecule has 0 aromatic heterocycles. The van der Waals surface area contributed by atoms with Crippen LogP contribution >= 0.6 is 34.8 Å². The van der Waals surface area contributed by atoms with Crippen molar-refractivity contribution < 1.29 is 19.4 Å². The van der Waals surface area contributed by atoms with E-state index in [9.17, 15) is 9.59 Å². The van der Waals surface area contributed by atoms with Crippen molar-refractivity contribution in [3.8, 4) is 0 Å². The molecule has 0 saturated heterocycles. The van der Waals surface area contributed by atoms with Gasteiger partial charge in [-0.1, -0.05) is 34.8 Å². The quantitative estimate of drug-likeness (QED) is 0.352. The topological polar surface area (TPSA) is 52.6 Å². The van der Waals surface area contributed by atoms with Crippen LogP contribution in [0.2, 0.25) is 0 Å². The fraction of sp³-hybridized carbons (Fsp3) is 0.500. The number of carbonyl (C=O) groups is 2. The molecule has 4 nitrogen and oxygen atoms in total. The lowest BCUT2D eigenvalue weighted by atomic mass is 10.8. The molecule has 0 rings (SSSR count). The van der Waals surface area contributed by atoms with Crippen molar-refractivity contribution in [3.05, 3.63) is 0 Å². The molecule has 0 amide bonds. The van der Waals surface area contributed by atoms with Crippen molar-refractivity contribution in [2.24, 2.45) is 0 Å². The Kier molecular flexibility index (Phi) is 3.92. The molecular weight excluding hydrogens is 218 g/mol. The van der Waals surface area contributed by atoms with Gasteiger partial charge in [-0.05, 0) is 0 Å². The van der Waals surface area contributed by atoms with Gasteiger partial charge in [-0.3, -0.25) is 0 Å². The number of hydrogen-bond donors (Lipinski definition) is 0. The zero-order valence-electron chi connectivity index (χ0n) is 5.27. The van der Waals surface area contributed by atoms with Crippen LogP contribution in [-0.2, 0) is 19.4 Å². The van der Waals surface area contributed by atoms with E-state index in [1.54, 1.807) is 0 Å². The Morgan fingerprint density at radius 2 is 1.64 bits per heavy atom. The third-order valence-electron chi connectivity index (χ3n) is 0.466. The lowest BCUT2D eigenvalue weighted by molar-refractivity contribution is -0.256. The summed E-state index contributed by atoms with van der Waals surface area (Å²) in [5.41, 5.74) is 0. The van der Waals surface area contributed by atoms with E-state index in [2.05, 4.69) is 9.78 Å². The van der Waals surface area contributed by atoms with Crippen LogP contribution in [0.4, 0.5) is 0 Å². The van der Waals surface area contributed by atoms with Crippen molar-refractivity contribution in [1.82, 2.24) is 0 Å². The second kappa shape index (κ2) is 3.99. The lowest BCUT2D eigenvalue weighted by Crippen LogP contribution is -2.22. The predicted molar refractivity (Wildman–Crippen MR) is 38.1 cm³/mol. The largest absolute Gasteiger partial charge is 0.406 e. The molecule has 0 aromatic carbocycles. The minimum atomic E-state index is -2.23. The molecule has 0 heterocycles. The Hall–Kier alpha value is -0.190. The third kappa shape index (κ3) is 5.12. The summed E-state index contributed by atoms with van der Waals surface area (Å²) >= 11 is 15.1. The molecule has 0 unspecified atom stereocenters. The van der Waals surface area contributed by atoms with Crippen molar-refractivity contribution in [1.29, 1.82) is 0 Å². The molecule has 0 bridgehead atoms. The Morgan fingerprint density at radius 1 is 1.18 bits per heavy atom. The molecule has 0 aliphatic heterocycles. The van der Waals surface area contributed by atoms with Crippen LogP contribution in [0.5, 0.6) is 0 Å². The number of hydrogen-bond acceptors (Lipinski definition) is 4. The zero-order valence-corrected chi connectivity index (χ0v) is 7.53. The monoisotopic (exact) mass is 220 g/mol. The Bertz CT molecular complexity index is 173. The van der Waals surface area contributed by atoms with E-state index in [0.29, 0.717) is 0 Å². The lowest BCUT2D eigenvalue weighted by Gasteiger charge is -2.06. The number of alkyl halides is 3. The molecule has 0 saturated carbocycles. The van der Waals surface area contributed by atoms with Crippen LogP contribution in [0.15, 0.2) is 0 Å². The van der Waals surface area contributed by atoms with Gasteiger partial charge in [-0.25, -0.2) is 19.4 Å². The van der Waals surface area contributed by atoms with E-state index in [1.165, 1.54) is 0 Å². The molecular formula is C4H3Cl3O4. The van der Waals surface area contributed by atoms with Crippen LogP contribution in [-0.4, -0.2) is 15.7 Å². The van der Waals surface area contributed by atoms with Crippen LogP contribution in [0.25, 0.3) is 0 Å². The first kappa shape index (κ1) is 10.8. The maximum Gasteiger partial charge on any atom is 0.406 e. The average Bonchev–Trinajstić information content (AvgIpc) is 1.80. The second-order valence-electron chi connectivity index (χ2n) is 1.44. The minimum absolute atomic E-state index is 0.812. The van der Waals surface area contributed by atoms with E-state index >= 15 is 0 Å². The van der Waals surface area contributed by atoms with Gasteiger partial charge in [0.25, 0.3) is 3.79 Å². The van der Waals surface area contributed by atoms with Crippen LogP contribution < -0.4 is 0 Å².